The molecule has 2 heterocycles. The summed E-state index contributed by atoms with van der Waals surface area (Å²) in [7, 11) is 3.61. The van der Waals surface area contributed by atoms with E-state index < -0.39 is 23.4 Å². The third-order valence-corrected chi connectivity index (χ3v) is 4.46. The van der Waals surface area contributed by atoms with Gasteiger partial charge in [0.15, 0.2) is 5.71 Å². The molecule has 1 aromatic heterocycles. The van der Waals surface area contributed by atoms with Crippen molar-refractivity contribution >= 4 is 50.0 Å². The minimum Gasteiger partial charge on any atom is -0.369 e. The summed E-state index contributed by atoms with van der Waals surface area (Å²) in [6.45, 7) is 0. The molecule has 1 aliphatic heterocycles. The number of thiophene rings is 1. The Kier molecular flexibility index (Phi) is 3.92. The molecule has 108 valence electrons. The second-order valence-corrected chi connectivity index (χ2v) is 5.99. The average Bonchev–Trinajstić information content (AvgIpc) is 2.83. The molecule has 1 aromatic rings. The van der Waals surface area contributed by atoms with E-state index in [2.05, 4.69) is 25.9 Å². The minimum atomic E-state index is -4.73. The molecule has 0 atom stereocenters. The minimum absolute atomic E-state index is 0.492. The van der Waals surface area contributed by atoms with Crippen molar-refractivity contribution in [1.82, 2.24) is 0 Å². The summed E-state index contributed by atoms with van der Waals surface area (Å²) in [5, 5.41) is 3.61. The SMILES string of the molecule is CN(C)c1sc(/C=C2\C(=O)ON=C2C(F)(F)F)cc1Br. The van der Waals surface area contributed by atoms with Gasteiger partial charge in [0.05, 0.1) is 10.0 Å². The Morgan fingerprint density at radius 3 is 2.60 bits per heavy atom. The van der Waals surface area contributed by atoms with Crippen molar-refractivity contribution in [2.45, 2.75) is 6.18 Å². The maximum atomic E-state index is 12.7. The molecule has 1 aliphatic rings. The van der Waals surface area contributed by atoms with Gasteiger partial charge in [0.2, 0.25) is 0 Å². The number of rotatable bonds is 2. The number of nitrogens with zero attached hydrogens (tertiary/aromatic N) is 2. The predicted octanol–water partition coefficient (Wildman–Crippen LogP) is 3.44. The molecule has 0 unspecified atom stereocenters. The van der Waals surface area contributed by atoms with Crippen molar-refractivity contribution in [2.24, 2.45) is 5.16 Å². The van der Waals surface area contributed by atoms with Gasteiger partial charge < -0.3 is 9.74 Å². The van der Waals surface area contributed by atoms with Crippen LogP contribution < -0.4 is 4.90 Å². The third-order valence-electron chi connectivity index (χ3n) is 2.34. The summed E-state index contributed by atoms with van der Waals surface area (Å²) < 4.78 is 38.8. The Morgan fingerprint density at radius 1 is 1.45 bits per heavy atom. The van der Waals surface area contributed by atoms with Gasteiger partial charge in [-0.3, -0.25) is 0 Å². The molecular formula is C11H8BrF3N2O2S. The average molecular weight is 369 g/mol. The molecule has 2 rings (SSSR count). The van der Waals surface area contributed by atoms with Crippen molar-refractivity contribution < 1.29 is 22.8 Å². The fraction of sp³-hybridized carbons (Fsp3) is 0.273. The van der Waals surface area contributed by atoms with Gasteiger partial charge in [-0.2, -0.15) is 13.2 Å². The van der Waals surface area contributed by atoms with E-state index in [0.29, 0.717) is 4.88 Å². The van der Waals surface area contributed by atoms with E-state index in [4.69, 9.17) is 0 Å². The van der Waals surface area contributed by atoms with Crippen molar-refractivity contribution in [3.63, 3.8) is 0 Å². The van der Waals surface area contributed by atoms with Crippen LogP contribution in [0.5, 0.6) is 0 Å². The van der Waals surface area contributed by atoms with Crippen molar-refractivity contribution in [3.8, 4) is 0 Å². The number of hydrogen-bond acceptors (Lipinski definition) is 5. The fourth-order valence-electron chi connectivity index (χ4n) is 1.51. The quantitative estimate of drug-likeness (QED) is 0.593. The first kappa shape index (κ1) is 15.0. The van der Waals surface area contributed by atoms with Crippen molar-refractivity contribution in [1.29, 1.82) is 0 Å². The van der Waals surface area contributed by atoms with Crippen LogP contribution >= 0.6 is 27.3 Å². The van der Waals surface area contributed by atoms with Crippen molar-refractivity contribution in [2.75, 3.05) is 19.0 Å². The van der Waals surface area contributed by atoms with Crippen LogP contribution in [0.4, 0.5) is 18.2 Å². The molecule has 20 heavy (non-hydrogen) atoms. The molecule has 4 nitrogen and oxygen atoms in total. The molecule has 0 amide bonds. The fourth-order valence-corrected chi connectivity index (χ4v) is 3.42. The standard InChI is InChI=1S/C11H8BrF3N2O2S/c1-17(2)9-7(12)4-5(20-9)3-6-8(11(13,14)15)16-19-10(6)18/h3-4H,1-2H3/b6-3-. The second kappa shape index (κ2) is 5.21. The Bertz CT molecular complexity index is 620. The summed E-state index contributed by atoms with van der Waals surface area (Å²) in [6, 6.07) is 1.63. The molecule has 0 aliphatic carbocycles. The molecular weight excluding hydrogens is 361 g/mol. The normalized spacial score (nSPS) is 17.4. The lowest BCUT2D eigenvalue weighted by molar-refractivity contribution is -0.136. The number of oxime groups is 1. The first-order valence-electron chi connectivity index (χ1n) is 5.25. The summed E-state index contributed by atoms with van der Waals surface area (Å²) in [5.41, 5.74) is -1.89. The monoisotopic (exact) mass is 368 g/mol. The van der Waals surface area contributed by atoms with E-state index in [1.165, 1.54) is 11.3 Å². The van der Waals surface area contributed by atoms with E-state index in [1.54, 1.807) is 20.2 Å². The number of alkyl halides is 3. The van der Waals surface area contributed by atoms with Gasteiger partial charge in [-0.05, 0) is 28.1 Å². The Balaban J connectivity index is 2.41. The highest BCUT2D eigenvalue weighted by Crippen LogP contribution is 2.37. The summed E-state index contributed by atoms with van der Waals surface area (Å²) in [5.74, 6) is -1.10. The summed E-state index contributed by atoms with van der Waals surface area (Å²) >= 11 is 4.55. The van der Waals surface area contributed by atoms with Gasteiger partial charge >= 0.3 is 12.1 Å². The molecule has 0 radical (unpaired) electrons. The van der Waals surface area contributed by atoms with Gasteiger partial charge in [0.25, 0.3) is 0 Å². The Labute approximate surface area is 124 Å². The molecule has 0 bridgehead atoms. The van der Waals surface area contributed by atoms with Crippen LogP contribution in [0.2, 0.25) is 0 Å². The van der Waals surface area contributed by atoms with E-state index >= 15 is 0 Å². The molecule has 0 spiro atoms. The van der Waals surface area contributed by atoms with Gasteiger partial charge in [-0.25, -0.2) is 4.79 Å². The number of hydrogen-bond donors (Lipinski definition) is 0. The third kappa shape index (κ3) is 2.88. The van der Waals surface area contributed by atoms with E-state index in [-0.39, 0.29) is 0 Å². The smallest absolute Gasteiger partial charge is 0.369 e. The second-order valence-electron chi connectivity index (χ2n) is 4.07. The van der Waals surface area contributed by atoms with Crippen LogP contribution in [0.1, 0.15) is 4.88 Å². The van der Waals surface area contributed by atoms with Crippen LogP contribution in [0.25, 0.3) is 6.08 Å². The number of halogens is 4. The Morgan fingerprint density at radius 2 is 2.10 bits per heavy atom. The molecule has 0 saturated carbocycles. The topological polar surface area (TPSA) is 41.9 Å². The van der Waals surface area contributed by atoms with Crippen molar-refractivity contribution in [3.05, 3.63) is 21.0 Å². The predicted molar refractivity (Wildman–Crippen MR) is 73.9 cm³/mol. The molecule has 0 aromatic carbocycles. The highest BCUT2D eigenvalue weighted by Gasteiger charge is 2.45. The number of anilines is 1. The van der Waals surface area contributed by atoms with Crippen LogP contribution in [0, 0.1) is 0 Å². The van der Waals surface area contributed by atoms with Crippen LogP contribution in [0.15, 0.2) is 21.3 Å². The largest absolute Gasteiger partial charge is 0.437 e. The van der Waals surface area contributed by atoms with E-state index in [1.807, 2.05) is 4.90 Å². The van der Waals surface area contributed by atoms with Gasteiger partial charge in [-0.15, -0.1) is 11.3 Å². The summed E-state index contributed by atoms with van der Waals surface area (Å²) in [4.78, 5) is 17.7. The molecule has 9 heteroatoms. The highest BCUT2D eigenvalue weighted by atomic mass is 79.9. The van der Waals surface area contributed by atoms with Gasteiger partial charge in [0, 0.05) is 19.0 Å². The zero-order valence-electron chi connectivity index (χ0n) is 10.3. The van der Waals surface area contributed by atoms with Gasteiger partial charge in [0.1, 0.15) is 5.00 Å². The summed E-state index contributed by atoms with van der Waals surface area (Å²) in [6.07, 6.45) is -3.60. The van der Waals surface area contributed by atoms with E-state index in [9.17, 15) is 18.0 Å². The Hall–Kier alpha value is -1.35. The maximum absolute atomic E-state index is 12.7. The lowest BCUT2D eigenvalue weighted by atomic mass is 10.1. The van der Waals surface area contributed by atoms with Crippen LogP contribution in [0.3, 0.4) is 0 Å². The van der Waals surface area contributed by atoms with Gasteiger partial charge in [-0.1, -0.05) is 5.16 Å². The number of carbonyl (C=O) groups is 1. The van der Waals surface area contributed by atoms with Crippen LogP contribution in [-0.2, 0) is 9.63 Å². The lowest BCUT2D eigenvalue weighted by Crippen LogP contribution is -2.24. The first-order valence-corrected chi connectivity index (χ1v) is 6.86. The lowest BCUT2D eigenvalue weighted by Gasteiger charge is -2.08. The molecule has 0 saturated heterocycles. The molecule has 0 fully saturated rings. The number of carbonyl (C=O) groups excluding carboxylic acids is 1. The highest BCUT2D eigenvalue weighted by molar-refractivity contribution is 9.10. The van der Waals surface area contributed by atoms with E-state index in [0.717, 1.165) is 15.5 Å². The van der Waals surface area contributed by atoms with Crippen LogP contribution in [-0.4, -0.2) is 32.0 Å². The zero-order chi connectivity index (χ0) is 15.1. The maximum Gasteiger partial charge on any atom is 0.437 e. The molecule has 0 N–H and O–H groups in total. The zero-order valence-corrected chi connectivity index (χ0v) is 12.7. The first-order chi connectivity index (χ1) is 9.20.